The fraction of sp³-hybridized carbons (Fsp3) is 0.273. The van der Waals surface area contributed by atoms with Crippen molar-refractivity contribution in [1.29, 1.82) is 0 Å². The van der Waals surface area contributed by atoms with Gasteiger partial charge in [-0.15, -0.1) is 0 Å². The van der Waals surface area contributed by atoms with Gasteiger partial charge in [-0.3, -0.25) is 9.59 Å². The maximum Gasteiger partial charge on any atom is 0.289 e. The summed E-state index contributed by atoms with van der Waals surface area (Å²) in [6, 6.07) is 15.0. The molecule has 0 spiro atoms. The van der Waals surface area contributed by atoms with E-state index in [9.17, 15) is 9.59 Å². The second-order valence-electron chi connectivity index (χ2n) is 7.03. The van der Waals surface area contributed by atoms with Crippen LogP contribution in [0.3, 0.4) is 0 Å². The minimum Gasteiger partial charge on any atom is -0.459 e. The second kappa shape index (κ2) is 8.69. The van der Waals surface area contributed by atoms with Crippen molar-refractivity contribution in [2.75, 3.05) is 13.1 Å². The van der Waals surface area contributed by atoms with E-state index in [4.69, 9.17) is 8.83 Å². The van der Waals surface area contributed by atoms with Crippen LogP contribution in [0.25, 0.3) is 11.3 Å². The molecule has 0 radical (unpaired) electrons. The van der Waals surface area contributed by atoms with Gasteiger partial charge in [-0.25, -0.2) is 0 Å². The minimum absolute atomic E-state index is 0.00307. The molecular weight excluding hydrogens is 436 g/mol. The Hall–Kier alpha value is -2.80. The summed E-state index contributed by atoms with van der Waals surface area (Å²) >= 11 is 3.42. The SMILES string of the molecule is O=C(NCc1ccc(-c2ccc(Br)cc2)o1)C1CCN(C(=O)c2ccco2)CC1. The third-order valence-electron chi connectivity index (χ3n) is 5.11. The van der Waals surface area contributed by atoms with Crippen LogP contribution in [0.2, 0.25) is 0 Å². The quantitative estimate of drug-likeness (QED) is 0.614. The van der Waals surface area contributed by atoms with E-state index in [2.05, 4.69) is 21.2 Å². The van der Waals surface area contributed by atoms with E-state index in [0.29, 0.717) is 44.0 Å². The predicted molar refractivity (Wildman–Crippen MR) is 111 cm³/mol. The van der Waals surface area contributed by atoms with Gasteiger partial charge in [-0.2, -0.15) is 0 Å². The molecule has 0 aliphatic carbocycles. The summed E-state index contributed by atoms with van der Waals surface area (Å²) in [6.07, 6.45) is 2.77. The van der Waals surface area contributed by atoms with Crippen LogP contribution in [0.15, 0.2) is 68.1 Å². The second-order valence-corrected chi connectivity index (χ2v) is 7.95. The van der Waals surface area contributed by atoms with Crippen molar-refractivity contribution in [1.82, 2.24) is 10.2 Å². The summed E-state index contributed by atoms with van der Waals surface area (Å²) in [6.45, 7) is 1.44. The lowest BCUT2D eigenvalue weighted by Crippen LogP contribution is -2.42. The molecule has 150 valence electrons. The molecule has 0 atom stereocenters. The molecule has 0 saturated carbocycles. The summed E-state index contributed by atoms with van der Waals surface area (Å²) in [5.41, 5.74) is 0.986. The number of likely N-dealkylation sites (tertiary alicyclic amines) is 1. The molecule has 6 nitrogen and oxygen atoms in total. The predicted octanol–water partition coefficient (Wildman–Crippen LogP) is 4.47. The van der Waals surface area contributed by atoms with Gasteiger partial charge in [0.2, 0.25) is 5.91 Å². The number of furan rings is 2. The molecule has 7 heteroatoms. The number of hydrogen-bond donors (Lipinski definition) is 1. The summed E-state index contributed by atoms with van der Waals surface area (Å²) in [5.74, 6) is 1.60. The van der Waals surface area contributed by atoms with E-state index in [1.165, 1.54) is 6.26 Å². The van der Waals surface area contributed by atoms with Crippen LogP contribution in [-0.4, -0.2) is 29.8 Å². The maximum atomic E-state index is 12.5. The van der Waals surface area contributed by atoms with Gasteiger partial charge in [-0.1, -0.05) is 28.1 Å². The Morgan fingerprint density at radius 3 is 2.52 bits per heavy atom. The van der Waals surface area contributed by atoms with E-state index in [1.54, 1.807) is 17.0 Å². The number of hydrogen-bond acceptors (Lipinski definition) is 4. The van der Waals surface area contributed by atoms with Crippen LogP contribution in [0.5, 0.6) is 0 Å². The van der Waals surface area contributed by atoms with Crippen molar-refractivity contribution in [3.05, 3.63) is 70.8 Å². The Kier molecular flexibility index (Phi) is 5.85. The fourth-order valence-electron chi connectivity index (χ4n) is 3.46. The molecule has 2 aromatic heterocycles. The van der Waals surface area contributed by atoms with Crippen LogP contribution >= 0.6 is 15.9 Å². The average Bonchev–Trinajstić information content (AvgIpc) is 3.44. The number of nitrogens with zero attached hydrogens (tertiary/aromatic N) is 1. The van der Waals surface area contributed by atoms with Crippen molar-refractivity contribution >= 4 is 27.7 Å². The lowest BCUT2D eigenvalue weighted by molar-refractivity contribution is -0.126. The Balaban J connectivity index is 1.26. The van der Waals surface area contributed by atoms with Crippen molar-refractivity contribution < 1.29 is 18.4 Å². The lowest BCUT2D eigenvalue weighted by atomic mass is 9.95. The van der Waals surface area contributed by atoms with Crippen molar-refractivity contribution in [3.8, 4) is 11.3 Å². The van der Waals surface area contributed by atoms with Crippen molar-refractivity contribution in [2.45, 2.75) is 19.4 Å². The molecule has 0 unspecified atom stereocenters. The van der Waals surface area contributed by atoms with Gasteiger partial charge in [0.25, 0.3) is 5.91 Å². The third kappa shape index (κ3) is 4.62. The first-order valence-electron chi connectivity index (χ1n) is 9.55. The van der Waals surface area contributed by atoms with E-state index >= 15 is 0 Å². The molecule has 1 fully saturated rings. The largest absolute Gasteiger partial charge is 0.459 e. The van der Waals surface area contributed by atoms with Gasteiger partial charge in [-0.05, 0) is 49.2 Å². The van der Waals surface area contributed by atoms with E-state index in [0.717, 1.165) is 15.8 Å². The molecule has 1 aliphatic heterocycles. The first kappa shape index (κ1) is 19.5. The van der Waals surface area contributed by atoms with Crippen LogP contribution in [-0.2, 0) is 11.3 Å². The highest BCUT2D eigenvalue weighted by Gasteiger charge is 2.28. The lowest BCUT2D eigenvalue weighted by Gasteiger charge is -2.30. The van der Waals surface area contributed by atoms with Gasteiger partial charge < -0.3 is 19.1 Å². The number of benzene rings is 1. The zero-order valence-electron chi connectivity index (χ0n) is 15.8. The number of nitrogens with one attached hydrogen (secondary N) is 1. The number of rotatable bonds is 5. The molecule has 2 amide bonds. The van der Waals surface area contributed by atoms with Crippen molar-refractivity contribution in [3.63, 3.8) is 0 Å². The molecule has 3 aromatic rings. The highest BCUT2D eigenvalue weighted by Crippen LogP contribution is 2.24. The highest BCUT2D eigenvalue weighted by atomic mass is 79.9. The van der Waals surface area contributed by atoms with Gasteiger partial charge in [0.05, 0.1) is 12.8 Å². The molecule has 1 aromatic carbocycles. The van der Waals surface area contributed by atoms with Gasteiger partial charge in [0.1, 0.15) is 11.5 Å². The Labute approximate surface area is 177 Å². The maximum absolute atomic E-state index is 12.5. The normalized spacial score (nSPS) is 14.7. The number of carbonyl (C=O) groups is 2. The number of amides is 2. The topological polar surface area (TPSA) is 75.7 Å². The first-order valence-corrected chi connectivity index (χ1v) is 10.3. The smallest absolute Gasteiger partial charge is 0.289 e. The van der Waals surface area contributed by atoms with Crippen LogP contribution in [0.4, 0.5) is 0 Å². The Morgan fingerprint density at radius 1 is 1.07 bits per heavy atom. The molecule has 0 bridgehead atoms. The van der Waals surface area contributed by atoms with Crippen LogP contribution < -0.4 is 5.32 Å². The summed E-state index contributed by atoms with van der Waals surface area (Å²) < 4.78 is 12.0. The molecule has 3 heterocycles. The molecule has 1 N–H and O–H groups in total. The Bertz CT molecular complexity index is 971. The number of halogens is 1. The molecule has 1 saturated heterocycles. The first-order chi connectivity index (χ1) is 14.1. The standard InChI is InChI=1S/C22H21BrN2O4/c23-17-5-3-15(4-6-17)19-8-7-18(29-19)14-24-21(26)16-9-11-25(12-10-16)22(27)20-2-1-13-28-20/h1-8,13,16H,9-12,14H2,(H,24,26). The monoisotopic (exact) mass is 456 g/mol. The molecule has 4 rings (SSSR count). The minimum atomic E-state index is -0.120. The van der Waals surface area contributed by atoms with E-state index < -0.39 is 0 Å². The van der Waals surface area contributed by atoms with Gasteiger partial charge >= 0.3 is 0 Å². The molecular formula is C22H21BrN2O4. The zero-order valence-corrected chi connectivity index (χ0v) is 17.4. The van der Waals surface area contributed by atoms with E-state index in [-0.39, 0.29) is 17.7 Å². The van der Waals surface area contributed by atoms with Crippen LogP contribution in [0, 0.1) is 5.92 Å². The van der Waals surface area contributed by atoms with Crippen molar-refractivity contribution in [2.24, 2.45) is 5.92 Å². The molecule has 29 heavy (non-hydrogen) atoms. The van der Waals surface area contributed by atoms with Crippen LogP contribution in [0.1, 0.15) is 29.2 Å². The average molecular weight is 457 g/mol. The van der Waals surface area contributed by atoms with Gasteiger partial charge in [0.15, 0.2) is 5.76 Å². The summed E-state index contributed by atoms with van der Waals surface area (Å²) in [5, 5.41) is 2.95. The third-order valence-corrected chi connectivity index (χ3v) is 5.64. The van der Waals surface area contributed by atoms with E-state index in [1.807, 2.05) is 36.4 Å². The molecule has 1 aliphatic rings. The number of piperidine rings is 1. The fourth-order valence-corrected chi connectivity index (χ4v) is 3.73. The summed E-state index contributed by atoms with van der Waals surface area (Å²) in [7, 11) is 0. The highest BCUT2D eigenvalue weighted by molar-refractivity contribution is 9.10. The number of carbonyl (C=O) groups excluding carboxylic acids is 2. The zero-order chi connectivity index (χ0) is 20.2. The van der Waals surface area contributed by atoms with Gasteiger partial charge in [0, 0.05) is 29.0 Å². The Morgan fingerprint density at radius 2 is 1.83 bits per heavy atom. The summed E-state index contributed by atoms with van der Waals surface area (Å²) in [4.78, 5) is 26.5.